The largest absolute Gasteiger partial charge is 0.497 e. The topological polar surface area (TPSA) is 107 Å². The van der Waals surface area contributed by atoms with Crippen molar-refractivity contribution in [1.82, 2.24) is 14.9 Å². The van der Waals surface area contributed by atoms with Crippen LogP contribution in [0.4, 0.5) is 0 Å². The van der Waals surface area contributed by atoms with Crippen LogP contribution in [0.25, 0.3) is 10.9 Å². The number of halogens is 1. The van der Waals surface area contributed by atoms with Crippen LogP contribution in [0.3, 0.4) is 0 Å². The fourth-order valence-electron chi connectivity index (χ4n) is 5.10. The molecule has 1 atom stereocenters. The number of hydrogen-bond donors (Lipinski definition) is 1. The average Bonchev–Trinajstić information content (AvgIpc) is 3.61. The van der Waals surface area contributed by atoms with E-state index in [1.54, 1.807) is 66.7 Å². The Morgan fingerprint density at radius 2 is 1.90 bits per heavy atom. The molecule has 4 heterocycles. The van der Waals surface area contributed by atoms with Gasteiger partial charge in [0.1, 0.15) is 41.2 Å². The zero-order valence-electron chi connectivity index (χ0n) is 22.3. The van der Waals surface area contributed by atoms with Crippen LogP contribution in [0, 0.1) is 0 Å². The molecule has 1 N–H and O–H groups in total. The normalized spacial score (nSPS) is 14.5. The van der Waals surface area contributed by atoms with Crippen LogP contribution < -0.4 is 9.47 Å². The first-order chi connectivity index (χ1) is 19.9. The minimum Gasteiger partial charge on any atom is -0.497 e. The standard InChI is InChI=1S/C31H26ClN3O6/c1-18(36)39-17-22-10-12-27(40-22)29-28-23(25-16-21(38-2)9-11-26(25)34-28)13-15-35(29)31(37)24-4-3-14-33-30(24)41-20-7-5-19(32)6-8-20/h3-12,14,16,29,34H,13,15,17H2,1-2H3/t29-/m1/s1. The lowest BCUT2D eigenvalue weighted by Gasteiger charge is -2.35. The van der Waals surface area contributed by atoms with Crippen LogP contribution >= 0.6 is 11.6 Å². The molecule has 9 nitrogen and oxygen atoms in total. The van der Waals surface area contributed by atoms with Crippen LogP contribution in [0.1, 0.15) is 46.1 Å². The van der Waals surface area contributed by atoms with E-state index >= 15 is 0 Å². The fraction of sp³-hybridized carbons (Fsp3) is 0.194. The van der Waals surface area contributed by atoms with Crippen molar-refractivity contribution in [3.8, 4) is 17.4 Å². The second-order valence-corrected chi connectivity index (χ2v) is 10.0. The van der Waals surface area contributed by atoms with Gasteiger partial charge in [0.15, 0.2) is 0 Å². The molecule has 0 radical (unpaired) electrons. The lowest BCUT2D eigenvalue weighted by molar-refractivity contribution is -0.142. The predicted octanol–water partition coefficient (Wildman–Crippen LogP) is 6.46. The lowest BCUT2D eigenvalue weighted by atomic mass is 9.95. The summed E-state index contributed by atoms with van der Waals surface area (Å²) in [5.41, 5.74) is 3.15. The number of fused-ring (bicyclic) bond motifs is 3. The second-order valence-electron chi connectivity index (χ2n) is 9.58. The maximum Gasteiger partial charge on any atom is 0.303 e. The fourth-order valence-corrected chi connectivity index (χ4v) is 5.23. The number of methoxy groups -OCH3 is 1. The smallest absolute Gasteiger partial charge is 0.303 e. The Morgan fingerprint density at radius 3 is 2.68 bits per heavy atom. The molecule has 0 bridgehead atoms. The first-order valence-electron chi connectivity index (χ1n) is 13.0. The highest BCUT2D eigenvalue weighted by molar-refractivity contribution is 6.30. The van der Waals surface area contributed by atoms with Gasteiger partial charge in [-0.05, 0) is 78.7 Å². The number of amides is 1. The number of aromatic amines is 1. The van der Waals surface area contributed by atoms with Crippen LogP contribution in [-0.2, 0) is 22.6 Å². The highest BCUT2D eigenvalue weighted by atomic mass is 35.5. The lowest BCUT2D eigenvalue weighted by Crippen LogP contribution is -2.40. The Hall–Kier alpha value is -4.76. The third-order valence-corrected chi connectivity index (χ3v) is 7.25. The van der Waals surface area contributed by atoms with Crippen molar-refractivity contribution in [2.75, 3.05) is 13.7 Å². The van der Waals surface area contributed by atoms with E-state index in [1.165, 1.54) is 6.92 Å². The minimum absolute atomic E-state index is 0.00551. The van der Waals surface area contributed by atoms with Gasteiger partial charge in [0.05, 0.1) is 12.8 Å². The summed E-state index contributed by atoms with van der Waals surface area (Å²) in [4.78, 5) is 35.2. The summed E-state index contributed by atoms with van der Waals surface area (Å²) < 4.78 is 22.7. The van der Waals surface area contributed by atoms with E-state index in [4.69, 9.17) is 30.2 Å². The van der Waals surface area contributed by atoms with Crippen LogP contribution in [0.15, 0.2) is 77.3 Å². The van der Waals surface area contributed by atoms with Crippen LogP contribution in [-0.4, -0.2) is 40.4 Å². The van der Waals surface area contributed by atoms with Crippen molar-refractivity contribution in [2.45, 2.75) is 26.0 Å². The zero-order chi connectivity index (χ0) is 28.5. The van der Waals surface area contributed by atoms with E-state index in [9.17, 15) is 9.59 Å². The number of nitrogens with zero attached hydrogens (tertiary/aromatic N) is 2. The van der Waals surface area contributed by atoms with Gasteiger partial charge in [-0.2, -0.15) is 0 Å². The van der Waals surface area contributed by atoms with Crippen LogP contribution in [0.2, 0.25) is 5.02 Å². The van der Waals surface area contributed by atoms with Gasteiger partial charge < -0.3 is 28.5 Å². The van der Waals surface area contributed by atoms with E-state index in [0.29, 0.717) is 40.8 Å². The number of furan rings is 1. The number of ether oxygens (including phenoxy) is 3. The van der Waals surface area contributed by atoms with Crippen LogP contribution in [0.5, 0.6) is 17.4 Å². The number of carbonyl (C=O) groups is 2. The van der Waals surface area contributed by atoms with Gasteiger partial charge in [-0.1, -0.05) is 11.6 Å². The molecule has 1 aliphatic heterocycles. The molecule has 10 heteroatoms. The number of aromatic nitrogens is 2. The highest BCUT2D eigenvalue weighted by Crippen LogP contribution is 2.41. The molecule has 0 saturated carbocycles. The van der Waals surface area contributed by atoms with Gasteiger partial charge in [0.25, 0.3) is 5.91 Å². The minimum atomic E-state index is -0.584. The molecule has 0 aliphatic carbocycles. The van der Waals surface area contributed by atoms with Crippen molar-refractivity contribution in [2.24, 2.45) is 0 Å². The van der Waals surface area contributed by atoms with E-state index in [-0.39, 0.29) is 18.4 Å². The first-order valence-corrected chi connectivity index (χ1v) is 13.4. The van der Waals surface area contributed by atoms with Crippen molar-refractivity contribution >= 4 is 34.4 Å². The Bertz CT molecular complexity index is 1740. The quantitative estimate of drug-likeness (QED) is 0.223. The Balaban J connectivity index is 1.41. The molecule has 5 aromatic rings. The van der Waals surface area contributed by atoms with Crippen molar-refractivity contribution in [3.05, 3.63) is 106 Å². The molecule has 0 unspecified atom stereocenters. The van der Waals surface area contributed by atoms with E-state index < -0.39 is 12.0 Å². The van der Waals surface area contributed by atoms with Gasteiger partial charge in [-0.25, -0.2) is 4.98 Å². The first kappa shape index (κ1) is 26.5. The average molecular weight is 572 g/mol. The van der Waals surface area contributed by atoms with E-state index in [2.05, 4.69) is 9.97 Å². The zero-order valence-corrected chi connectivity index (χ0v) is 23.1. The molecule has 3 aromatic heterocycles. The summed E-state index contributed by atoms with van der Waals surface area (Å²) in [6.45, 7) is 1.75. The summed E-state index contributed by atoms with van der Waals surface area (Å²) in [6, 6.07) is 19.1. The summed E-state index contributed by atoms with van der Waals surface area (Å²) in [7, 11) is 1.63. The predicted molar refractivity (Wildman–Crippen MR) is 151 cm³/mol. The summed E-state index contributed by atoms with van der Waals surface area (Å²) >= 11 is 6.02. The van der Waals surface area contributed by atoms with Crippen molar-refractivity contribution in [3.63, 3.8) is 0 Å². The molecule has 0 fully saturated rings. The molecule has 2 aromatic carbocycles. The number of pyridine rings is 1. The monoisotopic (exact) mass is 571 g/mol. The van der Waals surface area contributed by atoms with E-state index in [1.807, 2.05) is 18.2 Å². The van der Waals surface area contributed by atoms with Gasteiger partial charge in [0.2, 0.25) is 5.88 Å². The number of nitrogens with one attached hydrogen (secondary N) is 1. The molecule has 6 rings (SSSR count). The molecular weight excluding hydrogens is 546 g/mol. The highest BCUT2D eigenvalue weighted by Gasteiger charge is 2.38. The maximum atomic E-state index is 14.2. The second kappa shape index (κ2) is 11.0. The Kier molecular flexibility index (Phi) is 7.11. The van der Waals surface area contributed by atoms with Gasteiger partial charge in [-0.3, -0.25) is 9.59 Å². The van der Waals surface area contributed by atoms with Crippen molar-refractivity contribution < 1.29 is 28.2 Å². The van der Waals surface area contributed by atoms with Gasteiger partial charge in [-0.15, -0.1) is 0 Å². The number of esters is 1. The Labute approximate surface area is 240 Å². The molecule has 1 aliphatic rings. The molecule has 1 amide bonds. The molecular formula is C31H26ClN3O6. The number of hydrogen-bond acceptors (Lipinski definition) is 7. The molecule has 208 valence electrons. The summed E-state index contributed by atoms with van der Waals surface area (Å²) in [5.74, 6) is 1.76. The maximum absolute atomic E-state index is 14.2. The molecule has 41 heavy (non-hydrogen) atoms. The number of benzene rings is 2. The SMILES string of the molecule is COc1ccc2[nH]c3c(c2c1)CCN(C(=O)c1cccnc1Oc1ccc(Cl)cc1)[C@@H]3c1ccc(COC(C)=O)o1. The van der Waals surface area contributed by atoms with Gasteiger partial charge >= 0.3 is 5.97 Å². The molecule has 0 spiro atoms. The number of carbonyl (C=O) groups excluding carboxylic acids is 2. The summed E-state index contributed by atoms with van der Waals surface area (Å²) in [5, 5.41) is 1.60. The third kappa shape index (κ3) is 5.24. The number of rotatable bonds is 7. The Morgan fingerprint density at radius 1 is 1.10 bits per heavy atom. The van der Waals surface area contributed by atoms with Gasteiger partial charge in [0, 0.05) is 35.6 Å². The molecule has 0 saturated heterocycles. The number of H-pyrrole nitrogens is 1. The third-order valence-electron chi connectivity index (χ3n) is 6.99. The summed E-state index contributed by atoms with van der Waals surface area (Å²) in [6.07, 6.45) is 2.19. The van der Waals surface area contributed by atoms with Crippen molar-refractivity contribution in [1.29, 1.82) is 0 Å². The van der Waals surface area contributed by atoms with E-state index in [0.717, 1.165) is 27.9 Å².